The normalized spacial score (nSPS) is 24.7. The molecule has 0 amide bonds. The van der Waals surface area contributed by atoms with Crippen molar-refractivity contribution < 1.29 is 4.74 Å². The molecule has 2 N–H and O–H groups in total. The van der Waals surface area contributed by atoms with E-state index < -0.39 is 0 Å². The Bertz CT molecular complexity index is 408. The number of hydrogen-bond acceptors (Lipinski definition) is 3. The monoisotopic (exact) mass is 262 g/mol. The van der Waals surface area contributed by atoms with E-state index >= 15 is 0 Å². The van der Waals surface area contributed by atoms with E-state index in [9.17, 15) is 0 Å². The number of likely N-dealkylation sites (tertiary alicyclic amines) is 1. The fourth-order valence-corrected chi connectivity index (χ4v) is 2.92. The van der Waals surface area contributed by atoms with Crippen molar-refractivity contribution in [1.29, 1.82) is 0 Å². The van der Waals surface area contributed by atoms with Gasteiger partial charge in [0.15, 0.2) is 0 Å². The number of benzene rings is 1. The van der Waals surface area contributed by atoms with Gasteiger partial charge in [0.1, 0.15) is 5.75 Å². The SMILES string of the molecule is CCOc1ccc(C2C(N)CCN2C(C)(C)C)cc1. The van der Waals surface area contributed by atoms with Gasteiger partial charge in [-0.1, -0.05) is 12.1 Å². The van der Waals surface area contributed by atoms with Crippen molar-refractivity contribution in [3.63, 3.8) is 0 Å². The molecule has 1 aliphatic heterocycles. The molecule has 2 atom stereocenters. The molecule has 0 spiro atoms. The van der Waals surface area contributed by atoms with Crippen molar-refractivity contribution in [2.75, 3.05) is 13.2 Å². The van der Waals surface area contributed by atoms with E-state index in [1.807, 2.05) is 19.1 Å². The van der Waals surface area contributed by atoms with Crippen LogP contribution in [0.3, 0.4) is 0 Å². The van der Waals surface area contributed by atoms with Crippen LogP contribution in [0.2, 0.25) is 0 Å². The standard InChI is InChI=1S/C16H26N2O/c1-5-19-13-8-6-12(7-9-13)15-14(17)10-11-18(15)16(2,3)4/h6-9,14-15H,5,10-11,17H2,1-4H3. The minimum atomic E-state index is 0.150. The average molecular weight is 262 g/mol. The van der Waals surface area contributed by atoms with E-state index in [0.717, 1.165) is 18.7 Å². The molecule has 1 aliphatic rings. The van der Waals surface area contributed by atoms with Crippen molar-refractivity contribution in [2.24, 2.45) is 5.73 Å². The van der Waals surface area contributed by atoms with Gasteiger partial charge >= 0.3 is 0 Å². The fourth-order valence-electron chi connectivity index (χ4n) is 2.92. The molecular weight excluding hydrogens is 236 g/mol. The third-order valence-electron chi connectivity index (χ3n) is 3.84. The van der Waals surface area contributed by atoms with E-state index in [1.165, 1.54) is 5.56 Å². The first-order chi connectivity index (χ1) is 8.93. The lowest BCUT2D eigenvalue weighted by Crippen LogP contribution is -2.43. The molecule has 1 aromatic rings. The third kappa shape index (κ3) is 3.10. The van der Waals surface area contributed by atoms with E-state index in [1.54, 1.807) is 0 Å². The largest absolute Gasteiger partial charge is 0.494 e. The van der Waals surface area contributed by atoms with Crippen molar-refractivity contribution in [2.45, 2.75) is 51.7 Å². The Labute approximate surface area is 116 Å². The van der Waals surface area contributed by atoms with Crippen LogP contribution in [0.1, 0.15) is 45.7 Å². The van der Waals surface area contributed by atoms with Gasteiger partial charge in [-0.05, 0) is 51.8 Å². The first kappa shape index (κ1) is 14.4. The molecule has 1 heterocycles. The lowest BCUT2D eigenvalue weighted by atomic mass is 9.97. The van der Waals surface area contributed by atoms with Crippen molar-refractivity contribution in [1.82, 2.24) is 4.90 Å². The lowest BCUT2D eigenvalue weighted by molar-refractivity contribution is 0.117. The summed E-state index contributed by atoms with van der Waals surface area (Å²) in [6.45, 7) is 10.5. The average Bonchev–Trinajstić information content (AvgIpc) is 2.72. The summed E-state index contributed by atoms with van der Waals surface area (Å²) in [6.07, 6.45) is 1.06. The van der Waals surface area contributed by atoms with Gasteiger partial charge in [0.25, 0.3) is 0 Å². The minimum absolute atomic E-state index is 0.150. The Morgan fingerprint density at radius 2 is 1.89 bits per heavy atom. The molecular formula is C16H26N2O. The number of hydrogen-bond donors (Lipinski definition) is 1. The van der Waals surface area contributed by atoms with Crippen molar-refractivity contribution >= 4 is 0 Å². The molecule has 2 rings (SSSR count). The van der Waals surface area contributed by atoms with Gasteiger partial charge in [0.05, 0.1) is 12.6 Å². The molecule has 3 nitrogen and oxygen atoms in total. The predicted octanol–water partition coefficient (Wildman–Crippen LogP) is 2.96. The third-order valence-corrected chi connectivity index (χ3v) is 3.84. The number of nitrogens with zero attached hydrogens (tertiary/aromatic N) is 1. The van der Waals surface area contributed by atoms with Gasteiger partial charge in [-0.3, -0.25) is 4.90 Å². The van der Waals surface area contributed by atoms with Gasteiger partial charge in [-0.2, -0.15) is 0 Å². The molecule has 3 heteroatoms. The second kappa shape index (κ2) is 5.51. The van der Waals surface area contributed by atoms with E-state index in [0.29, 0.717) is 12.6 Å². The zero-order chi connectivity index (χ0) is 14.0. The molecule has 1 saturated heterocycles. The molecule has 0 radical (unpaired) electrons. The molecule has 2 unspecified atom stereocenters. The first-order valence-electron chi connectivity index (χ1n) is 7.18. The highest BCUT2D eigenvalue weighted by Gasteiger charge is 2.38. The molecule has 0 aliphatic carbocycles. The maximum Gasteiger partial charge on any atom is 0.119 e. The van der Waals surface area contributed by atoms with Gasteiger partial charge < -0.3 is 10.5 Å². The lowest BCUT2D eigenvalue weighted by Gasteiger charge is -2.38. The topological polar surface area (TPSA) is 38.5 Å². The maximum atomic E-state index is 6.32. The van der Waals surface area contributed by atoms with Crippen LogP contribution in [0, 0.1) is 0 Å². The number of rotatable bonds is 3. The zero-order valence-corrected chi connectivity index (χ0v) is 12.5. The van der Waals surface area contributed by atoms with Crippen LogP contribution in [-0.4, -0.2) is 29.6 Å². The molecule has 19 heavy (non-hydrogen) atoms. The minimum Gasteiger partial charge on any atom is -0.494 e. The molecule has 0 bridgehead atoms. The highest BCUT2D eigenvalue weighted by molar-refractivity contribution is 5.31. The zero-order valence-electron chi connectivity index (χ0n) is 12.5. The van der Waals surface area contributed by atoms with Gasteiger partial charge in [0, 0.05) is 18.1 Å². The van der Waals surface area contributed by atoms with Crippen molar-refractivity contribution in [3.8, 4) is 5.75 Å². The van der Waals surface area contributed by atoms with E-state index in [4.69, 9.17) is 10.5 Å². The van der Waals surface area contributed by atoms with E-state index in [-0.39, 0.29) is 11.6 Å². The quantitative estimate of drug-likeness (QED) is 0.910. The molecule has 106 valence electrons. The maximum absolute atomic E-state index is 6.32. The summed E-state index contributed by atoms with van der Waals surface area (Å²) >= 11 is 0. The Hall–Kier alpha value is -1.06. The van der Waals surface area contributed by atoms with E-state index in [2.05, 4.69) is 37.8 Å². The Balaban J connectivity index is 2.22. The molecule has 0 saturated carbocycles. The summed E-state index contributed by atoms with van der Waals surface area (Å²) < 4.78 is 5.50. The smallest absolute Gasteiger partial charge is 0.119 e. The summed E-state index contributed by atoms with van der Waals surface area (Å²) in [5.74, 6) is 0.931. The van der Waals surface area contributed by atoms with Crippen LogP contribution >= 0.6 is 0 Å². The number of ether oxygens (including phenoxy) is 1. The van der Waals surface area contributed by atoms with Crippen LogP contribution < -0.4 is 10.5 Å². The van der Waals surface area contributed by atoms with Gasteiger partial charge in [0.2, 0.25) is 0 Å². The van der Waals surface area contributed by atoms with Crippen LogP contribution in [0.4, 0.5) is 0 Å². The summed E-state index contributed by atoms with van der Waals surface area (Å²) in [7, 11) is 0. The Morgan fingerprint density at radius 3 is 2.42 bits per heavy atom. The van der Waals surface area contributed by atoms with Crippen molar-refractivity contribution in [3.05, 3.63) is 29.8 Å². The molecule has 1 fully saturated rings. The summed E-state index contributed by atoms with van der Waals surface area (Å²) in [6, 6.07) is 8.93. The van der Waals surface area contributed by atoms with Crippen LogP contribution in [0.5, 0.6) is 5.75 Å². The van der Waals surface area contributed by atoms with Crippen LogP contribution in [-0.2, 0) is 0 Å². The fraction of sp³-hybridized carbons (Fsp3) is 0.625. The molecule has 1 aromatic carbocycles. The Kier molecular flexibility index (Phi) is 4.16. The highest BCUT2D eigenvalue weighted by atomic mass is 16.5. The summed E-state index contributed by atoms with van der Waals surface area (Å²) in [5.41, 5.74) is 7.77. The Morgan fingerprint density at radius 1 is 1.26 bits per heavy atom. The van der Waals surface area contributed by atoms with Gasteiger partial charge in [-0.15, -0.1) is 0 Å². The first-order valence-corrected chi connectivity index (χ1v) is 7.18. The van der Waals surface area contributed by atoms with Gasteiger partial charge in [-0.25, -0.2) is 0 Å². The summed E-state index contributed by atoms with van der Waals surface area (Å²) in [4.78, 5) is 2.51. The second-order valence-corrected chi connectivity index (χ2v) is 6.26. The summed E-state index contributed by atoms with van der Waals surface area (Å²) in [5, 5.41) is 0. The van der Waals surface area contributed by atoms with Crippen LogP contribution in [0.25, 0.3) is 0 Å². The number of nitrogens with two attached hydrogens (primary N) is 1. The predicted molar refractivity (Wildman–Crippen MR) is 79.4 cm³/mol. The van der Waals surface area contributed by atoms with Crippen LogP contribution in [0.15, 0.2) is 24.3 Å². The molecule has 0 aromatic heterocycles. The second-order valence-electron chi connectivity index (χ2n) is 6.26. The highest BCUT2D eigenvalue weighted by Crippen LogP contribution is 2.37.